The molecule has 1 aromatic heterocycles. The van der Waals surface area contributed by atoms with Crippen LogP contribution >= 0.6 is 31.9 Å². The Labute approximate surface area is 132 Å². The van der Waals surface area contributed by atoms with Crippen molar-refractivity contribution in [2.45, 2.75) is 12.3 Å². The van der Waals surface area contributed by atoms with E-state index in [1.807, 2.05) is 13.0 Å². The highest BCUT2D eigenvalue weighted by molar-refractivity contribution is 9.10. The number of nitro groups is 1. The van der Waals surface area contributed by atoms with Crippen molar-refractivity contribution >= 4 is 37.5 Å². The van der Waals surface area contributed by atoms with E-state index in [1.54, 1.807) is 12.3 Å². The molecular formula is C13H10Br2N2O3. The van der Waals surface area contributed by atoms with Crippen molar-refractivity contribution in [3.8, 4) is 11.6 Å². The van der Waals surface area contributed by atoms with Crippen LogP contribution in [0.4, 0.5) is 5.69 Å². The molecule has 0 unspecified atom stereocenters. The first-order valence-electron chi connectivity index (χ1n) is 5.64. The van der Waals surface area contributed by atoms with Gasteiger partial charge in [-0.05, 0) is 24.6 Å². The van der Waals surface area contributed by atoms with Gasteiger partial charge in [-0.15, -0.1) is 0 Å². The van der Waals surface area contributed by atoms with E-state index in [9.17, 15) is 10.1 Å². The predicted octanol–water partition coefficient (Wildman–Crippen LogP) is 4.75. The summed E-state index contributed by atoms with van der Waals surface area (Å²) in [7, 11) is 0. The lowest BCUT2D eigenvalue weighted by atomic mass is 10.2. The molecule has 0 bridgehead atoms. The number of nitro benzene ring substituents is 1. The Morgan fingerprint density at radius 1 is 1.35 bits per heavy atom. The fourth-order valence-corrected chi connectivity index (χ4v) is 2.39. The summed E-state index contributed by atoms with van der Waals surface area (Å²) >= 11 is 6.58. The number of hydrogen-bond donors (Lipinski definition) is 0. The second kappa shape index (κ2) is 6.32. The Kier molecular flexibility index (Phi) is 4.72. The highest BCUT2D eigenvalue weighted by atomic mass is 79.9. The summed E-state index contributed by atoms with van der Waals surface area (Å²) in [6, 6.07) is 6.39. The van der Waals surface area contributed by atoms with Gasteiger partial charge in [0, 0.05) is 27.6 Å². The fraction of sp³-hybridized carbons (Fsp3) is 0.154. The molecule has 0 radical (unpaired) electrons. The number of pyridine rings is 1. The minimum atomic E-state index is -0.466. The number of nitrogens with zero attached hydrogens (tertiary/aromatic N) is 2. The normalized spacial score (nSPS) is 10.3. The van der Waals surface area contributed by atoms with Crippen molar-refractivity contribution in [2.75, 3.05) is 0 Å². The van der Waals surface area contributed by atoms with Gasteiger partial charge in [0.05, 0.1) is 11.0 Å². The van der Waals surface area contributed by atoms with Gasteiger partial charge in [-0.25, -0.2) is 4.98 Å². The first-order chi connectivity index (χ1) is 9.49. The molecular weight excluding hydrogens is 392 g/mol. The van der Waals surface area contributed by atoms with Crippen molar-refractivity contribution in [1.82, 2.24) is 4.98 Å². The molecule has 0 saturated carbocycles. The summed E-state index contributed by atoms with van der Waals surface area (Å²) in [6.07, 6.45) is 1.70. The van der Waals surface area contributed by atoms with Crippen molar-refractivity contribution in [3.05, 3.63) is 56.2 Å². The van der Waals surface area contributed by atoms with Gasteiger partial charge in [-0.3, -0.25) is 10.1 Å². The summed E-state index contributed by atoms with van der Waals surface area (Å²) in [6.45, 7) is 1.88. The number of rotatable bonds is 4. The van der Waals surface area contributed by atoms with E-state index in [4.69, 9.17) is 4.74 Å². The van der Waals surface area contributed by atoms with Crippen LogP contribution in [0.25, 0.3) is 0 Å². The minimum absolute atomic E-state index is 0.0379. The van der Waals surface area contributed by atoms with E-state index < -0.39 is 4.92 Å². The Bertz CT molecular complexity index is 662. The van der Waals surface area contributed by atoms with E-state index in [-0.39, 0.29) is 5.69 Å². The van der Waals surface area contributed by atoms with Crippen LogP contribution in [0.3, 0.4) is 0 Å². The van der Waals surface area contributed by atoms with E-state index in [1.165, 1.54) is 12.1 Å². The highest BCUT2D eigenvalue weighted by Crippen LogP contribution is 2.30. The van der Waals surface area contributed by atoms with Gasteiger partial charge in [-0.2, -0.15) is 0 Å². The number of hydrogen-bond acceptors (Lipinski definition) is 4. The van der Waals surface area contributed by atoms with Gasteiger partial charge in [-0.1, -0.05) is 31.9 Å². The van der Waals surface area contributed by atoms with E-state index >= 15 is 0 Å². The first-order valence-corrected chi connectivity index (χ1v) is 7.55. The van der Waals surface area contributed by atoms with Gasteiger partial charge in [0.25, 0.3) is 5.69 Å². The number of alkyl halides is 1. The molecule has 0 fully saturated rings. The maximum Gasteiger partial charge on any atom is 0.274 e. The van der Waals surface area contributed by atoms with Crippen LogP contribution < -0.4 is 4.74 Å². The predicted molar refractivity (Wildman–Crippen MR) is 82.5 cm³/mol. The van der Waals surface area contributed by atoms with Gasteiger partial charge in [0.1, 0.15) is 5.75 Å². The molecule has 2 aromatic rings. The summed E-state index contributed by atoms with van der Waals surface area (Å²) in [5, 5.41) is 11.5. The van der Waals surface area contributed by atoms with Crippen LogP contribution in [0, 0.1) is 17.0 Å². The molecule has 20 heavy (non-hydrogen) atoms. The Morgan fingerprint density at radius 3 is 2.70 bits per heavy atom. The van der Waals surface area contributed by atoms with Crippen molar-refractivity contribution < 1.29 is 9.66 Å². The average molecular weight is 402 g/mol. The molecule has 1 heterocycles. The van der Waals surface area contributed by atoms with Crippen molar-refractivity contribution in [1.29, 1.82) is 0 Å². The molecule has 0 spiro atoms. The SMILES string of the molecule is Cc1cc(CBr)cnc1Oc1cc(Br)cc([N+](=O)[O-])c1. The molecule has 0 N–H and O–H groups in total. The fourth-order valence-electron chi connectivity index (χ4n) is 1.62. The third kappa shape index (κ3) is 3.55. The third-order valence-corrected chi connectivity index (χ3v) is 3.63. The van der Waals surface area contributed by atoms with Crippen LogP contribution in [-0.2, 0) is 5.33 Å². The quantitative estimate of drug-likeness (QED) is 0.421. The monoisotopic (exact) mass is 400 g/mol. The largest absolute Gasteiger partial charge is 0.438 e. The number of aromatic nitrogens is 1. The van der Waals surface area contributed by atoms with E-state index in [0.717, 1.165) is 11.1 Å². The molecule has 1 aromatic carbocycles. The molecule has 0 atom stereocenters. The highest BCUT2D eigenvalue weighted by Gasteiger charge is 2.11. The molecule has 0 aliphatic rings. The van der Waals surface area contributed by atoms with Crippen molar-refractivity contribution in [2.24, 2.45) is 0 Å². The second-order valence-electron chi connectivity index (χ2n) is 4.10. The van der Waals surface area contributed by atoms with E-state index in [2.05, 4.69) is 36.8 Å². The van der Waals surface area contributed by atoms with Crippen LogP contribution in [0.1, 0.15) is 11.1 Å². The number of benzene rings is 1. The van der Waals surface area contributed by atoms with Crippen LogP contribution in [0.2, 0.25) is 0 Å². The summed E-state index contributed by atoms with van der Waals surface area (Å²) in [5.74, 6) is 0.801. The Morgan fingerprint density at radius 2 is 2.10 bits per heavy atom. The van der Waals surface area contributed by atoms with Gasteiger partial charge < -0.3 is 4.74 Å². The lowest BCUT2D eigenvalue weighted by Gasteiger charge is -2.08. The first kappa shape index (κ1) is 14.9. The van der Waals surface area contributed by atoms with Gasteiger partial charge in [0.15, 0.2) is 0 Å². The van der Waals surface area contributed by atoms with Gasteiger partial charge in [0.2, 0.25) is 5.88 Å². The molecule has 0 aliphatic heterocycles. The maximum absolute atomic E-state index is 10.8. The molecule has 0 aliphatic carbocycles. The zero-order chi connectivity index (χ0) is 14.7. The maximum atomic E-state index is 10.8. The van der Waals surface area contributed by atoms with Crippen molar-refractivity contribution in [3.63, 3.8) is 0 Å². The molecule has 104 valence electrons. The molecule has 7 heteroatoms. The number of ether oxygens (including phenoxy) is 1. The second-order valence-corrected chi connectivity index (χ2v) is 5.58. The minimum Gasteiger partial charge on any atom is -0.438 e. The lowest BCUT2D eigenvalue weighted by Crippen LogP contribution is -1.94. The standard InChI is InChI=1S/C13H10Br2N2O3/c1-8-2-9(6-14)7-16-13(8)20-12-4-10(15)3-11(5-12)17(18)19/h2-5,7H,6H2,1H3. The summed E-state index contributed by atoms with van der Waals surface area (Å²) in [4.78, 5) is 14.6. The van der Waals surface area contributed by atoms with Gasteiger partial charge >= 0.3 is 0 Å². The van der Waals surface area contributed by atoms with E-state index in [0.29, 0.717) is 21.4 Å². The number of non-ortho nitro benzene ring substituents is 1. The average Bonchev–Trinajstić information content (AvgIpc) is 2.40. The van der Waals surface area contributed by atoms with Crippen LogP contribution in [0.5, 0.6) is 11.6 Å². The number of aryl methyl sites for hydroxylation is 1. The van der Waals surface area contributed by atoms with Crippen LogP contribution in [0.15, 0.2) is 34.9 Å². The number of halogens is 2. The summed E-state index contributed by atoms with van der Waals surface area (Å²) < 4.78 is 6.20. The molecule has 5 nitrogen and oxygen atoms in total. The Balaban J connectivity index is 2.32. The third-order valence-electron chi connectivity index (χ3n) is 2.52. The molecule has 2 rings (SSSR count). The Hall–Kier alpha value is -1.47. The lowest BCUT2D eigenvalue weighted by molar-refractivity contribution is -0.385. The smallest absolute Gasteiger partial charge is 0.274 e. The molecule has 0 amide bonds. The topological polar surface area (TPSA) is 65.3 Å². The molecule has 0 saturated heterocycles. The van der Waals surface area contributed by atoms with Crippen LogP contribution in [-0.4, -0.2) is 9.91 Å². The summed E-state index contributed by atoms with van der Waals surface area (Å²) in [5.41, 5.74) is 1.86. The zero-order valence-corrected chi connectivity index (χ0v) is 13.6. The zero-order valence-electron chi connectivity index (χ0n) is 10.5.